The highest BCUT2D eigenvalue weighted by molar-refractivity contribution is 5.93. The van der Waals surface area contributed by atoms with Crippen molar-refractivity contribution in [3.63, 3.8) is 0 Å². The molecule has 0 bridgehead atoms. The lowest BCUT2D eigenvalue weighted by atomic mass is 9.88. The van der Waals surface area contributed by atoms with Gasteiger partial charge in [0.05, 0.1) is 0 Å². The first-order valence-corrected chi connectivity index (χ1v) is 8.31. The minimum absolute atomic E-state index is 0.211. The second-order valence-corrected chi connectivity index (χ2v) is 5.87. The summed E-state index contributed by atoms with van der Waals surface area (Å²) in [5.41, 5.74) is 2.81. The third kappa shape index (κ3) is 4.44. The molecule has 0 atom stereocenters. The lowest BCUT2D eigenvalue weighted by Crippen LogP contribution is -2.30. The standard InChI is InChI=1S/C21H20N2O2/c24-21(19-12-7-15-23(25)16-19)22-14-13-20(17-8-3-1-4-9-17)18-10-5-2-6-11-18/h1-12,15-16,20H,13-14H2,(H,22,24). The highest BCUT2D eigenvalue weighted by Crippen LogP contribution is 2.27. The maximum Gasteiger partial charge on any atom is 0.257 e. The second kappa shape index (κ2) is 8.11. The third-order valence-electron chi connectivity index (χ3n) is 4.16. The van der Waals surface area contributed by atoms with E-state index >= 15 is 0 Å². The van der Waals surface area contributed by atoms with Gasteiger partial charge in [0, 0.05) is 18.5 Å². The van der Waals surface area contributed by atoms with Crippen LogP contribution in [0.15, 0.2) is 85.2 Å². The highest BCUT2D eigenvalue weighted by atomic mass is 16.5. The summed E-state index contributed by atoms with van der Waals surface area (Å²) in [6, 6.07) is 23.8. The van der Waals surface area contributed by atoms with Crippen molar-refractivity contribution in [3.05, 3.63) is 107 Å². The molecule has 126 valence electrons. The van der Waals surface area contributed by atoms with E-state index in [2.05, 4.69) is 29.6 Å². The van der Waals surface area contributed by atoms with Crippen LogP contribution in [0.3, 0.4) is 0 Å². The van der Waals surface area contributed by atoms with Crippen LogP contribution in [0.25, 0.3) is 0 Å². The number of hydrogen-bond acceptors (Lipinski definition) is 2. The van der Waals surface area contributed by atoms with Crippen LogP contribution >= 0.6 is 0 Å². The Balaban J connectivity index is 1.68. The predicted octanol–water partition coefficient (Wildman–Crippen LogP) is 3.27. The van der Waals surface area contributed by atoms with Gasteiger partial charge in [0.2, 0.25) is 0 Å². The number of rotatable bonds is 6. The van der Waals surface area contributed by atoms with E-state index in [9.17, 15) is 10.0 Å². The molecule has 0 aliphatic heterocycles. The molecule has 0 fully saturated rings. The number of carbonyl (C=O) groups is 1. The van der Waals surface area contributed by atoms with Gasteiger partial charge in [-0.25, -0.2) is 0 Å². The molecular formula is C21H20N2O2. The molecule has 25 heavy (non-hydrogen) atoms. The molecule has 0 saturated heterocycles. The summed E-state index contributed by atoms with van der Waals surface area (Å²) in [7, 11) is 0. The number of nitrogens with one attached hydrogen (secondary N) is 1. The summed E-state index contributed by atoms with van der Waals surface area (Å²) in [6.45, 7) is 0.529. The smallest absolute Gasteiger partial charge is 0.257 e. The van der Waals surface area contributed by atoms with Crippen molar-refractivity contribution in [1.29, 1.82) is 0 Å². The van der Waals surface area contributed by atoms with E-state index in [0.29, 0.717) is 16.8 Å². The Kier molecular flexibility index (Phi) is 5.42. The molecule has 3 aromatic rings. The Bertz CT molecular complexity index is 780. The molecule has 0 aliphatic carbocycles. The van der Waals surface area contributed by atoms with Crippen LogP contribution in [0.1, 0.15) is 33.8 Å². The molecule has 3 rings (SSSR count). The van der Waals surface area contributed by atoms with Crippen molar-refractivity contribution >= 4 is 5.91 Å². The van der Waals surface area contributed by atoms with Gasteiger partial charge >= 0.3 is 0 Å². The van der Waals surface area contributed by atoms with E-state index in [1.165, 1.54) is 23.5 Å². The van der Waals surface area contributed by atoms with Gasteiger partial charge in [-0.3, -0.25) is 4.79 Å². The van der Waals surface area contributed by atoms with Crippen LogP contribution in [-0.2, 0) is 0 Å². The molecule has 1 aromatic heterocycles. The molecule has 4 heteroatoms. The summed E-state index contributed by atoms with van der Waals surface area (Å²) < 4.78 is 0.631. The van der Waals surface area contributed by atoms with Gasteiger partial charge in [-0.05, 0) is 23.6 Å². The summed E-state index contributed by atoms with van der Waals surface area (Å²) in [4.78, 5) is 12.2. The maximum atomic E-state index is 12.2. The fraction of sp³-hybridized carbons (Fsp3) is 0.143. The zero-order valence-corrected chi connectivity index (χ0v) is 13.8. The molecule has 0 aliphatic rings. The van der Waals surface area contributed by atoms with Crippen LogP contribution in [-0.4, -0.2) is 12.5 Å². The average Bonchev–Trinajstić information content (AvgIpc) is 2.66. The van der Waals surface area contributed by atoms with Gasteiger partial charge < -0.3 is 10.5 Å². The minimum atomic E-state index is -0.231. The van der Waals surface area contributed by atoms with Crippen molar-refractivity contribution in [2.24, 2.45) is 0 Å². The zero-order chi connectivity index (χ0) is 17.5. The molecule has 0 unspecified atom stereocenters. The highest BCUT2D eigenvalue weighted by Gasteiger charge is 2.15. The number of carbonyl (C=O) groups excluding carboxylic acids is 1. The first-order chi connectivity index (χ1) is 12.2. The minimum Gasteiger partial charge on any atom is -0.619 e. The number of benzene rings is 2. The van der Waals surface area contributed by atoms with Crippen molar-refractivity contribution in [2.45, 2.75) is 12.3 Å². The predicted molar refractivity (Wildman–Crippen MR) is 97.1 cm³/mol. The Hall–Kier alpha value is -3.14. The van der Waals surface area contributed by atoms with Crippen LogP contribution in [0.2, 0.25) is 0 Å². The van der Waals surface area contributed by atoms with Gasteiger partial charge in [-0.2, -0.15) is 4.73 Å². The van der Waals surface area contributed by atoms with Gasteiger partial charge in [-0.15, -0.1) is 0 Å². The van der Waals surface area contributed by atoms with E-state index in [0.717, 1.165) is 6.42 Å². The molecule has 1 N–H and O–H groups in total. The van der Waals surface area contributed by atoms with Gasteiger partial charge in [0.15, 0.2) is 12.4 Å². The number of nitrogens with zero attached hydrogens (tertiary/aromatic N) is 1. The molecule has 0 saturated carbocycles. The molecule has 0 spiro atoms. The molecule has 1 amide bonds. The first kappa shape index (κ1) is 16.7. The number of amides is 1. The summed E-state index contributed by atoms with van der Waals surface area (Å²) in [5, 5.41) is 14.2. The fourth-order valence-corrected chi connectivity index (χ4v) is 2.92. The second-order valence-electron chi connectivity index (χ2n) is 5.87. The van der Waals surface area contributed by atoms with Crippen molar-refractivity contribution in [2.75, 3.05) is 6.54 Å². The summed E-state index contributed by atoms with van der Waals surface area (Å²) in [5.74, 6) is -0.0204. The van der Waals surface area contributed by atoms with Gasteiger partial charge in [-0.1, -0.05) is 60.7 Å². The summed E-state index contributed by atoms with van der Waals surface area (Å²) in [6.07, 6.45) is 3.42. The number of aromatic nitrogens is 1. The molecule has 2 aromatic carbocycles. The van der Waals surface area contributed by atoms with Gasteiger partial charge in [0.25, 0.3) is 5.91 Å². The van der Waals surface area contributed by atoms with E-state index < -0.39 is 0 Å². The van der Waals surface area contributed by atoms with E-state index in [4.69, 9.17) is 0 Å². The molecule has 4 nitrogen and oxygen atoms in total. The normalized spacial score (nSPS) is 10.6. The van der Waals surface area contributed by atoms with E-state index in [-0.39, 0.29) is 11.8 Å². The number of hydrogen-bond donors (Lipinski definition) is 1. The third-order valence-corrected chi connectivity index (χ3v) is 4.16. The Morgan fingerprint density at radius 1 is 0.920 bits per heavy atom. The molecular weight excluding hydrogens is 312 g/mol. The first-order valence-electron chi connectivity index (χ1n) is 8.31. The zero-order valence-electron chi connectivity index (χ0n) is 13.8. The lowest BCUT2D eigenvalue weighted by molar-refractivity contribution is -0.605. The summed E-state index contributed by atoms with van der Waals surface area (Å²) >= 11 is 0. The monoisotopic (exact) mass is 332 g/mol. The Morgan fingerprint density at radius 2 is 1.52 bits per heavy atom. The Morgan fingerprint density at radius 3 is 2.08 bits per heavy atom. The number of pyridine rings is 1. The van der Waals surface area contributed by atoms with Gasteiger partial charge in [0.1, 0.15) is 5.56 Å². The topological polar surface area (TPSA) is 56.0 Å². The van der Waals surface area contributed by atoms with Crippen molar-refractivity contribution < 1.29 is 9.52 Å². The molecule has 0 radical (unpaired) electrons. The fourth-order valence-electron chi connectivity index (χ4n) is 2.92. The quantitative estimate of drug-likeness (QED) is 0.556. The maximum absolute atomic E-state index is 12.2. The van der Waals surface area contributed by atoms with Crippen LogP contribution < -0.4 is 10.0 Å². The van der Waals surface area contributed by atoms with Crippen molar-refractivity contribution in [1.82, 2.24) is 5.32 Å². The lowest BCUT2D eigenvalue weighted by Gasteiger charge is -2.18. The van der Waals surface area contributed by atoms with Crippen LogP contribution in [0.4, 0.5) is 0 Å². The largest absolute Gasteiger partial charge is 0.619 e. The average molecular weight is 332 g/mol. The van der Waals surface area contributed by atoms with Crippen LogP contribution in [0, 0.1) is 5.21 Å². The Labute approximate surface area is 147 Å². The molecule has 1 heterocycles. The van der Waals surface area contributed by atoms with Crippen LogP contribution in [0.5, 0.6) is 0 Å². The van der Waals surface area contributed by atoms with E-state index in [1.54, 1.807) is 12.1 Å². The van der Waals surface area contributed by atoms with Crippen molar-refractivity contribution in [3.8, 4) is 0 Å². The van der Waals surface area contributed by atoms with E-state index in [1.807, 2.05) is 36.4 Å². The SMILES string of the molecule is O=C(NCCC(c1ccccc1)c1ccccc1)c1ccc[n+]([O-])c1.